The molecule has 4 rings (SSSR count). The van der Waals surface area contributed by atoms with Crippen LogP contribution in [0.3, 0.4) is 0 Å². The smallest absolute Gasteiger partial charge is 0.191 e. The van der Waals surface area contributed by atoms with E-state index in [2.05, 4.69) is 274 Å². The molecular formula is C51H88N12Si. The van der Waals surface area contributed by atoms with Gasteiger partial charge in [0, 0.05) is 202 Å². The van der Waals surface area contributed by atoms with Crippen molar-refractivity contribution in [1.82, 2.24) is 0 Å². The summed E-state index contributed by atoms with van der Waals surface area (Å²) < 4.78 is 0. The lowest BCUT2D eigenvalue weighted by atomic mass is 10.1. The third-order valence-electron chi connectivity index (χ3n) is 13.4. The third kappa shape index (κ3) is 8.26. The van der Waals surface area contributed by atoms with Gasteiger partial charge in [0.15, 0.2) is 8.07 Å². The van der Waals surface area contributed by atoms with Crippen molar-refractivity contribution in [3.63, 3.8) is 0 Å². The summed E-state index contributed by atoms with van der Waals surface area (Å²) >= 11 is 0. The van der Waals surface area contributed by atoms with Gasteiger partial charge in [-0.15, -0.1) is 0 Å². The molecule has 13 heteroatoms. The molecule has 0 N–H and O–H groups in total. The van der Waals surface area contributed by atoms with Gasteiger partial charge in [-0.25, -0.2) is 0 Å². The maximum absolute atomic E-state index is 3.80. The molecule has 0 aromatic heterocycles. The molecule has 1 aliphatic rings. The lowest BCUT2D eigenvalue weighted by Gasteiger charge is -2.49. The van der Waals surface area contributed by atoms with E-state index in [4.69, 9.17) is 0 Å². The number of nitrogens with zero attached hydrogens (tertiary/aromatic N) is 12. The molecule has 1 aliphatic carbocycles. The summed E-state index contributed by atoms with van der Waals surface area (Å²) in [7, 11) is 49.7. The van der Waals surface area contributed by atoms with Gasteiger partial charge < -0.3 is 58.8 Å². The molecule has 3 aromatic rings. The van der Waals surface area contributed by atoms with Crippen molar-refractivity contribution < 1.29 is 0 Å². The van der Waals surface area contributed by atoms with Crippen molar-refractivity contribution in [2.75, 3.05) is 228 Å². The van der Waals surface area contributed by atoms with E-state index >= 15 is 0 Å². The Morgan fingerprint density at radius 1 is 0.297 bits per heavy atom. The largest absolute Gasteiger partial charge is 0.378 e. The highest BCUT2D eigenvalue weighted by molar-refractivity contribution is 7.20. The SMILES string of the molecule is CC1=C(C)C(C)C([Si](c2c(N(C)C)cc(N(C)C)c(N(C)C)c2N(C)C)(c2c(N(C)C)cc(N(C)C)c(N(C)C)c2N(C)C)c2c(N(C)C)cc(N(C)C)c(N(C)C)c2N(C)C)=C1C. The molecule has 0 heterocycles. The summed E-state index contributed by atoms with van der Waals surface area (Å²) in [6.07, 6.45) is 0. The van der Waals surface area contributed by atoms with Crippen LogP contribution in [0.4, 0.5) is 68.2 Å². The molecule has 0 bridgehead atoms. The Morgan fingerprint density at radius 3 is 0.672 bits per heavy atom. The molecule has 356 valence electrons. The molecule has 1 unspecified atom stereocenters. The Bertz CT molecular complexity index is 2060. The summed E-state index contributed by atoms with van der Waals surface area (Å²) in [5.74, 6) is 0.135. The van der Waals surface area contributed by atoms with Crippen LogP contribution >= 0.6 is 0 Å². The molecule has 1 atom stereocenters. The van der Waals surface area contributed by atoms with Crippen LogP contribution in [0.1, 0.15) is 27.7 Å². The van der Waals surface area contributed by atoms with Crippen LogP contribution in [0.2, 0.25) is 0 Å². The van der Waals surface area contributed by atoms with Crippen LogP contribution in [0, 0.1) is 5.92 Å². The van der Waals surface area contributed by atoms with Crippen molar-refractivity contribution in [3.05, 3.63) is 40.1 Å². The van der Waals surface area contributed by atoms with Gasteiger partial charge in [0.25, 0.3) is 0 Å². The monoisotopic (exact) mass is 897 g/mol. The topological polar surface area (TPSA) is 38.9 Å². The summed E-state index contributed by atoms with van der Waals surface area (Å²) in [5.41, 5.74) is 18.7. The minimum absolute atomic E-state index is 0.135. The first-order chi connectivity index (χ1) is 29.4. The molecule has 0 spiro atoms. The molecular weight excluding hydrogens is 809 g/mol. The number of rotatable bonds is 16. The van der Waals surface area contributed by atoms with Gasteiger partial charge >= 0.3 is 0 Å². The Kier molecular flexibility index (Phi) is 15.2. The van der Waals surface area contributed by atoms with E-state index < -0.39 is 8.07 Å². The zero-order valence-electron chi connectivity index (χ0n) is 45.7. The van der Waals surface area contributed by atoms with E-state index in [1.54, 1.807) is 0 Å². The van der Waals surface area contributed by atoms with Crippen molar-refractivity contribution in [2.24, 2.45) is 5.92 Å². The fourth-order valence-corrected chi connectivity index (χ4v) is 17.8. The average Bonchev–Trinajstić information content (AvgIpc) is 3.37. The third-order valence-corrected chi connectivity index (χ3v) is 18.8. The Hall–Kier alpha value is -5.04. The van der Waals surface area contributed by atoms with Crippen molar-refractivity contribution >= 4 is 91.9 Å². The highest BCUT2D eigenvalue weighted by Gasteiger charge is 2.58. The second kappa shape index (κ2) is 18.8. The summed E-state index contributed by atoms with van der Waals surface area (Å²) in [5, 5.41) is 5.66. The standard InChI is InChI=1S/C51H88N12Si/c1-32-33(2)35(4)48(34(32)3)64(49-39(55(11)12)29-36(52(5)6)42(58(17)18)45(49)61(23)24,50-40(56(13)14)30-37(53(7)8)43(59(19)20)46(50)62(25)26)51-41(57(15)16)31-38(54(9)10)44(60(21)22)47(51)63(27)28/h29-31,34H,1-28H3. The number of hydrogen-bond acceptors (Lipinski definition) is 12. The number of anilines is 12. The zero-order valence-corrected chi connectivity index (χ0v) is 46.7. The summed E-state index contributed by atoms with van der Waals surface area (Å²) in [6.45, 7) is 9.68. The van der Waals surface area contributed by atoms with Crippen LogP contribution in [0.25, 0.3) is 0 Å². The first-order valence-corrected chi connectivity index (χ1v) is 24.6. The van der Waals surface area contributed by atoms with Crippen molar-refractivity contribution in [3.8, 4) is 0 Å². The van der Waals surface area contributed by atoms with E-state index in [-0.39, 0.29) is 5.92 Å². The van der Waals surface area contributed by atoms with Crippen molar-refractivity contribution in [2.45, 2.75) is 27.7 Å². The first-order valence-electron chi connectivity index (χ1n) is 22.6. The first kappa shape index (κ1) is 51.6. The van der Waals surface area contributed by atoms with Crippen LogP contribution < -0.4 is 74.4 Å². The molecule has 0 radical (unpaired) electrons. The molecule has 0 saturated carbocycles. The Labute approximate surface area is 392 Å². The predicted octanol–water partition coefficient (Wildman–Crippen LogP) is 5.79. The Morgan fingerprint density at radius 2 is 0.516 bits per heavy atom. The molecule has 3 aromatic carbocycles. The predicted molar refractivity (Wildman–Crippen MR) is 296 cm³/mol. The maximum atomic E-state index is 2.50. The lowest BCUT2D eigenvalue weighted by Crippen LogP contribution is -2.73. The van der Waals surface area contributed by atoms with Gasteiger partial charge in [0.1, 0.15) is 0 Å². The van der Waals surface area contributed by atoms with Crippen LogP contribution in [0.15, 0.2) is 40.1 Å². The van der Waals surface area contributed by atoms with Gasteiger partial charge in [-0.3, -0.25) is 0 Å². The number of allylic oxidation sites excluding steroid dienone is 4. The molecule has 64 heavy (non-hydrogen) atoms. The number of hydrogen-bond donors (Lipinski definition) is 0. The molecule has 0 aliphatic heterocycles. The van der Waals surface area contributed by atoms with Gasteiger partial charge in [0.05, 0.1) is 51.2 Å². The lowest BCUT2D eigenvalue weighted by molar-refractivity contribution is 0.851. The molecule has 0 saturated heterocycles. The molecule has 0 fully saturated rings. The van der Waals surface area contributed by atoms with E-state index in [0.29, 0.717) is 0 Å². The van der Waals surface area contributed by atoms with E-state index in [1.165, 1.54) is 106 Å². The second-order valence-electron chi connectivity index (χ2n) is 20.5. The minimum Gasteiger partial charge on any atom is -0.378 e. The highest BCUT2D eigenvalue weighted by atomic mass is 28.3. The minimum atomic E-state index is -3.80. The van der Waals surface area contributed by atoms with Gasteiger partial charge in [0.2, 0.25) is 0 Å². The zero-order chi connectivity index (χ0) is 49.1. The van der Waals surface area contributed by atoms with E-state index in [1.807, 2.05) is 0 Å². The van der Waals surface area contributed by atoms with E-state index in [0.717, 1.165) is 0 Å². The van der Waals surface area contributed by atoms with Crippen LogP contribution in [-0.4, -0.2) is 177 Å². The fraction of sp³-hybridized carbons (Fsp3) is 0.569. The van der Waals surface area contributed by atoms with Gasteiger partial charge in [-0.2, -0.15) is 0 Å². The molecule has 12 nitrogen and oxygen atoms in total. The normalized spacial score (nSPS) is 14.0. The van der Waals surface area contributed by atoms with E-state index in [9.17, 15) is 0 Å². The highest BCUT2D eigenvalue weighted by Crippen LogP contribution is 2.53. The molecule has 0 amide bonds. The van der Waals surface area contributed by atoms with Crippen molar-refractivity contribution in [1.29, 1.82) is 0 Å². The average molecular weight is 897 g/mol. The number of benzene rings is 3. The van der Waals surface area contributed by atoms with Gasteiger partial charge in [-0.1, -0.05) is 23.3 Å². The summed E-state index contributed by atoms with van der Waals surface area (Å²) in [6, 6.07) is 7.46. The van der Waals surface area contributed by atoms with Crippen LogP contribution in [-0.2, 0) is 0 Å². The quantitative estimate of drug-likeness (QED) is 0.129. The maximum Gasteiger partial charge on any atom is 0.191 e. The van der Waals surface area contributed by atoms with Gasteiger partial charge in [-0.05, 0) is 50.5 Å². The van der Waals surface area contributed by atoms with Crippen LogP contribution in [0.5, 0.6) is 0 Å². The Balaban J connectivity index is 2.97. The summed E-state index contributed by atoms with van der Waals surface area (Å²) in [4.78, 5) is 28.4. The fourth-order valence-electron chi connectivity index (χ4n) is 10.5. The second-order valence-corrected chi connectivity index (χ2v) is 24.1.